The summed E-state index contributed by atoms with van der Waals surface area (Å²) in [7, 11) is 0. The maximum absolute atomic E-state index is 9.26. The number of hydrogen-bond donors (Lipinski definition) is 2. The van der Waals surface area contributed by atoms with Crippen molar-refractivity contribution in [3.05, 3.63) is 0 Å². The molecule has 0 aromatic carbocycles. The van der Waals surface area contributed by atoms with E-state index in [1.54, 1.807) is 0 Å². The smallest absolute Gasteiger partial charge is 0.106 e. The van der Waals surface area contributed by atoms with Crippen LogP contribution in [0.3, 0.4) is 0 Å². The predicted molar refractivity (Wildman–Crippen MR) is 36.7 cm³/mol. The summed E-state index contributed by atoms with van der Waals surface area (Å²) in [5, 5.41) is 18.4. The molecule has 0 spiro atoms. The molecule has 0 aromatic heterocycles. The van der Waals surface area contributed by atoms with E-state index in [2.05, 4.69) is 0 Å². The zero-order valence-electron chi connectivity index (χ0n) is 6.16. The normalized spacial score (nSPS) is 41.7. The second-order valence-corrected chi connectivity index (χ2v) is 2.66. The largest absolute Gasteiger partial charge is 0.390 e. The Hall–Kier alpha value is -0.120. The van der Waals surface area contributed by atoms with Crippen LogP contribution in [0.2, 0.25) is 0 Å². The van der Waals surface area contributed by atoms with Gasteiger partial charge in [0.05, 0.1) is 12.2 Å². The van der Waals surface area contributed by atoms with E-state index in [0.29, 0.717) is 13.0 Å². The van der Waals surface area contributed by atoms with Crippen molar-refractivity contribution >= 4 is 0 Å². The minimum absolute atomic E-state index is 0.163. The second kappa shape index (κ2) is 3.32. The molecule has 0 aliphatic carbocycles. The lowest BCUT2D eigenvalue weighted by Gasteiger charge is -2.31. The van der Waals surface area contributed by atoms with Crippen LogP contribution in [0.15, 0.2) is 0 Å². The topological polar surface area (TPSA) is 49.7 Å². The van der Waals surface area contributed by atoms with Gasteiger partial charge in [-0.25, -0.2) is 0 Å². The van der Waals surface area contributed by atoms with Crippen molar-refractivity contribution in [2.45, 2.75) is 38.1 Å². The molecular formula is C7H14O3. The van der Waals surface area contributed by atoms with Gasteiger partial charge in [-0.3, -0.25) is 0 Å². The summed E-state index contributed by atoms with van der Waals surface area (Å²) in [6, 6.07) is 0. The summed E-state index contributed by atoms with van der Waals surface area (Å²) in [6.45, 7) is 2.50. The van der Waals surface area contributed by atoms with Crippen molar-refractivity contribution in [2.24, 2.45) is 0 Å². The van der Waals surface area contributed by atoms with E-state index in [9.17, 15) is 5.11 Å². The van der Waals surface area contributed by atoms with Crippen LogP contribution in [-0.2, 0) is 4.74 Å². The number of hydrogen-bond acceptors (Lipinski definition) is 3. The van der Waals surface area contributed by atoms with Gasteiger partial charge in [0.1, 0.15) is 6.10 Å². The molecule has 0 bridgehead atoms. The van der Waals surface area contributed by atoms with Crippen molar-refractivity contribution in [3.8, 4) is 0 Å². The van der Waals surface area contributed by atoms with Gasteiger partial charge in [0, 0.05) is 6.61 Å². The van der Waals surface area contributed by atoms with E-state index in [-0.39, 0.29) is 6.10 Å². The van der Waals surface area contributed by atoms with E-state index < -0.39 is 12.2 Å². The Morgan fingerprint density at radius 1 is 1.50 bits per heavy atom. The maximum Gasteiger partial charge on any atom is 0.106 e. The molecule has 3 nitrogen and oxygen atoms in total. The zero-order valence-corrected chi connectivity index (χ0v) is 6.16. The summed E-state index contributed by atoms with van der Waals surface area (Å²) in [6.07, 6.45) is -0.114. The summed E-state index contributed by atoms with van der Waals surface area (Å²) >= 11 is 0. The SMILES string of the molecule is CC[C@H]1OCC[C@H](O)[C@@H]1O. The standard InChI is InChI=1S/C7H14O3/c1-2-6-7(9)5(8)3-4-10-6/h5-9H,2-4H2,1H3/t5-,6+,7-/m0/s1. The molecule has 1 fully saturated rings. The van der Waals surface area contributed by atoms with Gasteiger partial charge in [-0.1, -0.05) is 6.92 Å². The Morgan fingerprint density at radius 2 is 2.20 bits per heavy atom. The molecule has 60 valence electrons. The lowest BCUT2D eigenvalue weighted by atomic mass is 10.0. The van der Waals surface area contributed by atoms with Gasteiger partial charge >= 0.3 is 0 Å². The van der Waals surface area contributed by atoms with Crippen molar-refractivity contribution in [3.63, 3.8) is 0 Å². The van der Waals surface area contributed by atoms with E-state index >= 15 is 0 Å². The highest BCUT2D eigenvalue weighted by Crippen LogP contribution is 2.16. The molecular weight excluding hydrogens is 132 g/mol. The molecule has 3 atom stereocenters. The fourth-order valence-electron chi connectivity index (χ4n) is 1.22. The van der Waals surface area contributed by atoms with Gasteiger partial charge in [-0.2, -0.15) is 0 Å². The first-order valence-corrected chi connectivity index (χ1v) is 3.73. The molecule has 1 rings (SSSR count). The van der Waals surface area contributed by atoms with E-state index in [1.165, 1.54) is 0 Å². The third kappa shape index (κ3) is 1.48. The number of ether oxygens (including phenoxy) is 1. The number of rotatable bonds is 1. The van der Waals surface area contributed by atoms with Crippen LogP contribution in [0.1, 0.15) is 19.8 Å². The Kier molecular flexibility index (Phi) is 2.65. The predicted octanol–water partition coefficient (Wildman–Crippen LogP) is -0.0929. The van der Waals surface area contributed by atoms with Gasteiger partial charge in [-0.15, -0.1) is 0 Å². The first kappa shape index (κ1) is 7.98. The maximum atomic E-state index is 9.26. The lowest BCUT2D eigenvalue weighted by molar-refractivity contribution is -0.135. The molecule has 0 saturated carbocycles. The molecule has 10 heavy (non-hydrogen) atoms. The Labute approximate surface area is 60.6 Å². The fraction of sp³-hybridized carbons (Fsp3) is 1.00. The van der Waals surface area contributed by atoms with Crippen LogP contribution >= 0.6 is 0 Å². The van der Waals surface area contributed by atoms with Crippen LogP contribution in [0.25, 0.3) is 0 Å². The molecule has 0 amide bonds. The van der Waals surface area contributed by atoms with Gasteiger partial charge < -0.3 is 14.9 Å². The second-order valence-electron chi connectivity index (χ2n) is 2.66. The molecule has 1 aliphatic rings. The summed E-state index contributed by atoms with van der Waals surface area (Å²) in [5.74, 6) is 0. The number of aliphatic hydroxyl groups is 2. The van der Waals surface area contributed by atoms with Crippen LogP contribution in [0.5, 0.6) is 0 Å². The molecule has 3 heteroatoms. The minimum Gasteiger partial charge on any atom is -0.390 e. The van der Waals surface area contributed by atoms with Crippen molar-refractivity contribution in [1.82, 2.24) is 0 Å². The molecule has 1 heterocycles. The van der Waals surface area contributed by atoms with Crippen molar-refractivity contribution in [1.29, 1.82) is 0 Å². The molecule has 2 N–H and O–H groups in total. The third-order valence-corrected chi connectivity index (χ3v) is 1.92. The Bertz CT molecular complexity index is 105. The van der Waals surface area contributed by atoms with Gasteiger partial charge in [0.25, 0.3) is 0 Å². The highest BCUT2D eigenvalue weighted by molar-refractivity contribution is 4.79. The molecule has 0 radical (unpaired) electrons. The van der Waals surface area contributed by atoms with E-state index in [1.807, 2.05) is 6.92 Å². The Balaban J connectivity index is 2.42. The zero-order chi connectivity index (χ0) is 7.56. The summed E-state index contributed by atoms with van der Waals surface area (Å²) in [5.41, 5.74) is 0. The van der Waals surface area contributed by atoms with Crippen LogP contribution in [0.4, 0.5) is 0 Å². The number of aliphatic hydroxyl groups excluding tert-OH is 2. The van der Waals surface area contributed by atoms with Gasteiger partial charge in [0.2, 0.25) is 0 Å². The van der Waals surface area contributed by atoms with Gasteiger partial charge in [-0.05, 0) is 12.8 Å². The Morgan fingerprint density at radius 3 is 2.70 bits per heavy atom. The molecule has 1 saturated heterocycles. The molecule has 1 aliphatic heterocycles. The molecule has 0 unspecified atom stereocenters. The van der Waals surface area contributed by atoms with E-state index in [4.69, 9.17) is 9.84 Å². The highest BCUT2D eigenvalue weighted by Gasteiger charge is 2.29. The quantitative estimate of drug-likeness (QED) is 0.543. The third-order valence-electron chi connectivity index (χ3n) is 1.92. The monoisotopic (exact) mass is 146 g/mol. The van der Waals surface area contributed by atoms with E-state index in [0.717, 1.165) is 6.42 Å². The highest BCUT2D eigenvalue weighted by atomic mass is 16.5. The van der Waals surface area contributed by atoms with Crippen molar-refractivity contribution < 1.29 is 14.9 Å². The summed E-state index contributed by atoms with van der Waals surface area (Å²) < 4.78 is 5.20. The first-order valence-electron chi connectivity index (χ1n) is 3.73. The van der Waals surface area contributed by atoms with Crippen LogP contribution in [0, 0.1) is 0 Å². The average Bonchev–Trinajstić information content (AvgIpc) is 1.95. The fourth-order valence-corrected chi connectivity index (χ4v) is 1.22. The lowest BCUT2D eigenvalue weighted by Crippen LogP contribution is -2.43. The van der Waals surface area contributed by atoms with Gasteiger partial charge in [0.15, 0.2) is 0 Å². The summed E-state index contributed by atoms with van der Waals surface area (Å²) in [4.78, 5) is 0. The van der Waals surface area contributed by atoms with Crippen molar-refractivity contribution in [2.75, 3.05) is 6.61 Å². The molecule has 0 aromatic rings. The average molecular weight is 146 g/mol. The first-order chi connectivity index (χ1) is 4.75. The van der Waals surface area contributed by atoms with Crippen LogP contribution < -0.4 is 0 Å². The minimum atomic E-state index is -0.682. The van der Waals surface area contributed by atoms with Crippen LogP contribution in [-0.4, -0.2) is 35.1 Å².